The highest BCUT2D eigenvalue weighted by Gasteiger charge is 2.16. The number of hydrogen-bond acceptors (Lipinski definition) is 4. The van der Waals surface area contributed by atoms with E-state index in [1.165, 1.54) is 0 Å². The summed E-state index contributed by atoms with van der Waals surface area (Å²) in [6.45, 7) is 0. The summed E-state index contributed by atoms with van der Waals surface area (Å²) in [4.78, 5) is 4.72. The number of methoxy groups -OCH3 is 1. The number of benzene rings is 3. The van der Waals surface area contributed by atoms with Crippen LogP contribution in [0.4, 0.5) is 11.4 Å². The third-order valence-corrected chi connectivity index (χ3v) is 4.56. The van der Waals surface area contributed by atoms with Crippen LogP contribution in [0.5, 0.6) is 5.75 Å². The summed E-state index contributed by atoms with van der Waals surface area (Å²) in [6.07, 6.45) is 0. The van der Waals surface area contributed by atoms with Gasteiger partial charge in [0, 0.05) is 22.5 Å². The van der Waals surface area contributed by atoms with Crippen molar-refractivity contribution in [3.63, 3.8) is 0 Å². The quantitative estimate of drug-likeness (QED) is 0.445. The van der Waals surface area contributed by atoms with Crippen molar-refractivity contribution in [1.29, 1.82) is 0 Å². The average Bonchev–Trinajstić information content (AvgIpc) is 3.06. The van der Waals surface area contributed by atoms with Gasteiger partial charge in [-0.1, -0.05) is 42.5 Å². The molecule has 0 aliphatic heterocycles. The van der Waals surface area contributed by atoms with Gasteiger partial charge in [0.05, 0.1) is 23.7 Å². The smallest absolute Gasteiger partial charge is 0.230 e. The molecule has 0 saturated heterocycles. The van der Waals surface area contributed by atoms with Crippen molar-refractivity contribution in [1.82, 2.24) is 4.98 Å². The van der Waals surface area contributed by atoms with E-state index in [1.807, 2.05) is 60.7 Å². The fraction of sp³-hybridized carbons (Fsp3) is 0.0455. The number of hydrogen-bond donors (Lipinski definition) is 1. The lowest BCUT2D eigenvalue weighted by molar-refractivity contribution is 0.415. The first-order valence-electron chi connectivity index (χ1n) is 8.44. The molecule has 4 nitrogen and oxygen atoms in total. The number of pyridine rings is 1. The molecule has 26 heavy (non-hydrogen) atoms. The van der Waals surface area contributed by atoms with Gasteiger partial charge < -0.3 is 14.5 Å². The minimum Gasteiger partial charge on any atom is -0.497 e. The molecule has 0 spiro atoms. The normalized spacial score (nSPS) is 11.3. The molecule has 0 atom stereocenters. The SMILES string of the molecule is COc1cccc(Nc2c3ccccc3nc3oc4ccccc4c23)c1. The van der Waals surface area contributed by atoms with E-state index >= 15 is 0 Å². The molecule has 2 heterocycles. The molecule has 1 N–H and O–H groups in total. The third-order valence-electron chi connectivity index (χ3n) is 4.56. The Hall–Kier alpha value is -3.53. The predicted molar refractivity (Wildman–Crippen MR) is 105 cm³/mol. The summed E-state index contributed by atoms with van der Waals surface area (Å²) < 4.78 is 11.4. The first-order chi connectivity index (χ1) is 12.8. The summed E-state index contributed by atoms with van der Waals surface area (Å²) in [6, 6.07) is 24.0. The zero-order valence-electron chi connectivity index (χ0n) is 14.2. The van der Waals surface area contributed by atoms with Crippen molar-refractivity contribution < 1.29 is 9.15 Å². The monoisotopic (exact) mass is 340 g/mol. The van der Waals surface area contributed by atoms with Gasteiger partial charge in [0.25, 0.3) is 0 Å². The number of anilines is 2. The summed E-state index contributed by atoms with van der Waals surface area (Å²) >= 11 is 0. The first kappa shape index (κ1) is 14.8. The lowest BCUT2D eigenvalue weighted by atomic mass is 10.1. The summed E-state index contributed by atoms with van der Waals surface area (Å²) in [5.74, 6) is 0.807. The number of fused-ring (bicyclic) bond motifs is 4. The van der Waals surface area contributed by atoms with Crippen molar-refractivity contribution in [2.45, 2.75) is 0 Å². The van der Waals surface area contributed by atoms with Crippen LogP contribution >= 0.6 is 0 Å². The predicted octanol–water partition coefficient (Wildman–Crippen LogP) is 5.89. The van der Waals surface area contributed by atoms with Crippen LogP contribution in [0.2, 0.25) is 0 Å². The number of aromatic nitrogens is 1. The van der Waals surface area contributed by atoms with Gasteiger partial charge in [0.2, 0.25) is 5.71 Å². The van der Waals surface area contributed by atoms with Gasteiger partial charge >= 0.3 is 0 Å². The second-order valence-electron chi connectivity index (χ2n) is 6.14. The second kappa shape index (κ2) is 5.77. The highest BCUT2D eigenvalue weighted by Crippen LogP contribution is 2.39. The lowest BCUT2D eigenvalue weighted by Crippen LogP contribution is -1.95. The molecular weight excluding hydrogens is 324 g/mol. The Balaban J connectivity index is 1.84. The van der Waals surface area contributed by atoms with Crippen LogP contribution in [0, 0.1) is 0 Å². The second-order valence-corrected chi connectivity index (χ2v) is 6.14. The molecular formula is C22H16N2O2. The number of nitrogens with zero attached hydrogens (tertiary/aromatic N) is 1. The van der Waals surface area contributed by atoms with Crippen LogP contribution in [-0.4, -0.2) is 12.1 Å². The van der Waals surface area contributed by atoms with Gasteiger partial charge in [-0.25, -0.2) is 4.98 Å². The van der Waals surface area contributed by atoms with Crippen molar-refractivity contribution in [3.8, 4) is 5.75 Å². The zero-order chi connectivity index (χ0) is 17.5. The molecule has 0 aliphatic rings. The fourth-order valence-electron chi connectivity index (χ4n) is 3.35. The Kier molecular flexibility index (Phi) is 3.28. The maximum atomic E-state index is 6.01. The van der Waals surface area contributed by atoms with Crippen LogP contribution in [0.15, 0.2) is 77.2 Å². The Bertz CT molecular complexity index is 1260. The van der Waals surface area contributed by atoms with E-state index in [4.69, 9.17) is 14.1 Å². The van der Waals surface area contributed by atoms with E-state index in [9.17, 15) is 0 Å². The molecule has 2 aromatic heterocycles. The molecule has 0 radical (unpaired) electrons. The van der Waals surface area contributed by atoms with Crippen LogP contribution < -0.4 is 10.1 Å². The number of rotatable bonds is 3. The molecule has 0 bridgehead atoms. The maximum Gasteiger partial charge on any atom is 0.230 e. The number of para-hydroxylation sites is 2. The van der Waals surface area contributed by atoms with E-state index < -0.39 is 0 Å². The highest BCUT2D eigenvalue weighted by atomic mass is 16.5. The Morgan fingerprint density at radius 2 is 1.69 bits per heavy atom. The Labute approximate surface area is 150 Å². The minimum atomic E-state index is 0.635. The van der Waals surface area contributed by atoms with Gasteiger partial charge in [0.1, 0.15) is 11.3 Å². The number of furan rings is 1. The van der Waals surface area contributed by atoms with E-state index in [0.29, 0.717) is 5.71 Å². The first-order valence-corrected chi connectivity index (χ1v) is 8.44. The molecule has 5 rings (SSSR count). The zero-order valence-corrected chi connectivity index (χ0v) is 14.2. The number of nitrogens with one attached hydrogen (secondary N) is 1. The van der Waals surface area contributed by atoms with Crippen LogP contribution in [0.3, 0.4) is 0 Å². The average molecular weight is 340 g/mol. The molecule has 0 unspecified atom stereocenters. The molecule has 0 saturated carbocycles. The molecule has 126 valence electrons. The summed E-state index contributed by atoms with van der Waals surface area (Å²) in [5, 5.41) is 6.65. The van der Waals surface area contributed by atoms with Gasteiger partial charge in [0.15, 0.2) is 0 Å². The van der Waals surface area contributed by atoms with E-state index in [2.05, 4.69) is 17.4 Å². The van der Waals surface area contributed by atoms with Gasteiger partial charge in [-0.2, -0.15) is 0 Å². The van der Waals surface area contributed by atoms with Crippen LogP contribution in [0.25, 0.3) is 33.0 Å². The van der Waals surface area contributed by atoms with Crippen molar-refractivity contribution in [2.24, 2.45) is 0 Å². The minimum absolute atomic E-state index is 0.635. The van der Waals surface area contributed by atoms with Gasteiger partial charge in [-0.3, -0.25) is 0 Å². The molecule has 4 heteroatoms. The van der Waals surface area contributed by atoms with E-state index in [-0.39, 0.29) is 0 Å². The molecule has 0 fully saturated rings. The van der Waals surface area contributed by atoms with Crippen LogP contribution in [-0.2, 0) is 0 Å². The third kappa shape index (κ3) is 2.27. The Morgan fingerprint density at radius 3 is 2.58 bits per heavy atom. The van der Waals surface area contributed by atoms with Gasteiger partial charge in [-0.15, -0.1) is 0 Å². The van der Waals surface area contributed by atoms with Crippen molar-refractivity contribution in [2.75, 3.05) is 12.4 Å². The molecule has 0 amide bonds. The topological polar surface area (TPSA) is 47.3 Å². The van der Waals surface area contributed by atoms with Crippen LogP contribution in [0.1, 0.15) is 0 Å². The largest absolute Gasteiger partial charge is 0.497 e. The summed E-state index contributed by atoms with van der Waals surface area (Å²) in [5.41, 5.74) is 4.30. The van der Waals surface area contributed by atoms with Crippen molar-refractivity contribution in [3.05, 3.63) is 72.8 Å². The highest BCUT2D eigenvalue weighted by molar-refractivity contribution is 6.18. The van der Waals surface area contributed by atoms with Crippen molar-refractivity contribution >= 4 is 44.3 Å². The molecule has 5 aromatic rings. The Morgan fingerprint density at radius 1 is 0.885 bits per heavy atom. The van der Waals surface area contributed by atoms with Gasteiger partial charge in [-0.05, 0) is 24.3 Å². The maximum absolute atomic E-state index is 6.01. The standard InChI is InChI=1S/C22H16N2O2/c1-25-15-8-6-7-14(13-15)23-21-16-9-2-4-11-18(16)24-22-20(21)17-10-3-5-12-19(17)26-22/h2-13H,1H3,(H,23,24). The molecule has 0 aliphatic carbocycles. The van der Waals surface area contributed by atoms with E-state index in [0.717, 1.165) is 44.4 Å². The summed E-state index contributed by atoms with van der Waals surface area (Å²) in [7, 11) is 1.67. The lowest BCUT2D eigenvalue weighted by Gasteiger charge is -2.12. The number of ether oxygens (including phenoxy) is 1. The molecule has 3 aromatic carbocycles. The fourth-order valence-corrected chi connectivity index (χ4v) is 3.35. The van der Waals surface area contributed by atoms with E-state index in [1.54, 1.807) is 7.11 Å².